The van der Waals surface area contributed by atoms with E-state index in [1.807, 2.05) is 60.0 Å². The lowest BCUT2D eigenvalue weighted by atomic mass is 10.0. The van der Waals surface area contributed by atoms with Gasteiger partial charge in [-0.3, -0.25) is 9.36 Å². The van der Waals surface area contributed by atoms with Crippen LogP contribution in [0.4, 0.5) is 0 Å². The lowest BCUT2D eigenvalue weighted by Crippen LogP contribution is -2.29. The maximum atomic E-state index is 13.4. The fourth-order valence-corrected chi connectivity index (χ4v) is 4.66. The van der Waals surface area contributed by atoms with Crippen molar-refractivity contribution in [1.29, 1.82) is 0 Å². The van der Waals surface area contributed by atoms with Crippen LogP contribution in [0.2, 0.25) is 0 Å². The molecule has 0 saturated heterocycles. The lowest BCUT2D eigenvalue weighted by molar-refractivity contribution is -0.148. The van der Waals surface area contributed by atoms with Crippen molar-refractivity contribution in [3.63, 3.8) is 0 Å². The summed E-state index contributed by atoms with van der Waals surface area (Å²) in [6.45, 7) is 1.82. The van der Waals surface area contributed by atoms with Gasteiger partial charge in [0.15, 0.2) is 0 Å². The minimum atomic E-state index is -0.785. The van der Waals surface area contributed by atoms with Gasteiger partial charge in [-0.05, 0) is 34.9 Å². The van der Waals surface area contributed by atoms with Gasteiger partial charge in [-0.15, -0.1) is 11.3 Å². The molecule has 5 rings (SSSR count). The normalized spacial score (nSPS) is 12.2. The summed E-state index contributed by atoms with van der Waals surface area (Å²) in [5.74, 6) is -0.473. The van der Waals surface area contributed by atoms with Crippen LogP contribution >= 0.6 is 11.3 Å². The molecule has 5 nitrogen and oxygen atoms in total. The van der Waals surface area contributed by atoms with Gasteiger partial charge < -0.3 is 4.74 Å². The molecule has 3 aromatic carbocycles. The summed E-state index contributed by atoms with van der Waals surface area (Å²) in [7, 11) is 0. The van der Waals surface area contributed by atoms with Crippen molar-refractivity contribution in [2.24, 2.45) is 0 Å². The maximum absolute atomic E-state index is 13.4. The lowest BCUT2D eigenvalue weighted by Gasteiger charge is -2.14. The number of fused-ring (bicyclic) bond motifs is 2. The first kappa shape index (κ1) is 20.2. The predicted molar refractivity (Wildman–Crippen MR) is 128 cm³/mol. The largest absolute Gasteiger partial charge is 0.459 e. The van der Waals surface area contributed by atoms with Crippen molar-refractivity contribution in [3.05, 3.63) is 100 Å². The topological polar surface area (TPSA) is 61.2 Å². The number of esters is 1. The van der Waals surface area contributed by atoms with Crippen LogP contribution in [0.15, 0.2) is 89.3 Å². The molecule has 2 aromatic heterocycles. The summed E-state index contributed by atoms with van der Waals surface area (Å²) in [6, 6.07) is 22.9. The zero-order valence-corrected chi connectivity index (χ0v) is 18.2. The summed E-state index contributed by atoms with van der Waals surface area (Å²) in [5.41, 5.74) is 2.42. The zero-order chi connectivity index (χ0) is 22.1. The molecular weight excluding hydrogens is 420 g/mol. The van der Waals surface area contributed by atoms with Gasteiger partial charge in [-0.25, -0.2) is 9.78 Å². The highest BCUT2D eigenvalue weighted by molar-refractivity contribution is 7.17. The van der Waals surface area contributed by atoms with Crippen molar-refractivity contribution in [1.82, 2.24) is 9.55 Å². The van der Waals surface area contributed by atoms with E-state index in [0.717, 1.165) is 27.5 Å². The molecule has 0 aliphatic heterocycles. The summed E-state index contributed by atoms with van der Waals surface area (Å²) in [4.78, 5) is 31.1. The van der Waals surface area contributed by atoms with Crippen LogP contribution in [0, 0.1) is 0 Å². The van der Waals surface area contributed by atoms with Crippen molar-refractivity contribution in [2.75, 3.05) is 0 Å². The molecule has 0 N–H and O–H groups in total. The second-order valence-corrected chi connectivity index (χ2v) is 8.48. The van der Waals surface area contributed by atoms with Gasteiger partial charge in [0.1, 0.15) is 17.5 Å². The second-order valence-electron chi connectivity index (χ2n) is 7.62. The number of thiophene rings is 1. The minimum absolute atomic E-state index is 0.162. The molecule has 1 atom stereocenters. The van der Waals surface area contributed by atoms with Crippen molar-refractivity contribution in [3.8, 4) is 11.1 Å². The maximum Gasteiger partial charge on any atom is 0.329 e. The Bertz CT molecular complexity index is 1490. The van der Waals surface area contributed by atoms with E-state index in [1.54, 1.807) is 6.92 Å². The summed E-state index contributed by atoms with van der Waals surface area (Å²) in [5, 5.41) is 4.72. The van der Waals surface area contributed by atoms with Crippen LogP contribution in [0.1, 0.15) is 18.5 Å². The highest BCUT2D eigenvalue weighted by atomic mass is 32.1. The molecule has 0 spiro atoms. The fourth-order valence-electron chi connectivity index (χ4n) is 3.75. The number of nitrogens with zero attached hydrogens (tertiary/aromatic N) is 2. The van der Waals surface area contributed by atoms with E-state index >= 15 is 0 Å². The number of carbonyl (C=O) groups excluding carboxylic acids is 1. The molecule has 0 bridgehead atoms. The molecule has 2 heterocycles. The Morgan fingerprint density at radius 1 is 1.03 bits per heavy atom. The van der Waals surface area contributed by atoms with Crippen LogP contribution in [-0.4, -0.2) is 15.5 Å². The number of hydrogen-bond donors (Lipinski definition) is 0. The molecular formula is C26H20N2O3S. The number of ether oxygens (including phenoxy) is 1. The van der Waals surface area contributed by atoms with Gasteiger partial charge in [-0.2, -0.15) is 0 Å². The number of aromatic nitrogens is 2. The highest BCUT2D eigenvalue weighted by Crippen LogP contribution is 2.32. The van der Waals surface area contributed by atoms with Crippen LogP contribution < -0.4 is 5.56 Å². The predicted octanol–water partition coefficient (Wildman–Crippen LogP) is 5.58. The third-order valence-electron chi connectivity index (χ3n) is 5.56. The van der Waals surface area contributed by atoms with Crippen LogP contribution in [-0.2, 0) is 16.1 Å². The third kappa shape index (κ3) is 3.69. The molecule has 0 fully saturated rings. The Morgan fingerprint density at radius 2 is 1.78 bits per heavy atom. The highest BCUT2D eigenvalue weighted by Gasteiger charge is 2.21. The summed E-state index contributed by atoms with van der Waals surface area (Å²) >= 11 is 1.42. The molecule has 32 heavy (non-hydrogen) atoms. The third-order valence-corrected chi connectivity index (χ3v) is 6.45. The van der Waals surface area contributed by atoms with Crippen LogP contribution in [0.3, 0.4) is 0 Å². The van der Waals surface area contributed by atoms with Gasteiger partial charge in [-0.1, -0.05) is 66.7 Å². The average Bonchev–Trinajstić information content (AvgIpc) is 3.28. The molecule has 0 aliphatic rings. The monoisotopic (exact) mass is 440 g/mol. The smallest absolute Gasteiger partial charge is 0.329 e. The first-order valence-corrected chi connectivity index (χ1v) is 11.2. The van der Waals surface area contributed by atoms with Crippen LogP contribution in [0.5, 0.6) is 0 Å². The second kappa shape index (κ2) is 8.40. The average molecular weight is 441 g/mol. The van der Waals surface area contributed by atoms with Gasteiger partial charge in [0.05, 0.1) is 11.7 Å². The minimum Gasteiger partial charge on any atom is -0.459 e. The molecule has 0 saturated carbocycles. The Labute approximate surface area is 188 Å². The molecule has 0 aliphatic carbocycles. The van der Waals surface area contributed by atoms with E-state index in [9.17, 15) is 9.59 Å². The number of carbonyl (C=O) groups is 1. The Morgan fingerprint density at radius 3 is 2.59 bits per heavy atom. The Hall–Kier alpha value is -3.77. The Balaban J connectivity index is 1.49. The van der Waals surface area contributed by atoms with E-state index in [2.05, 4.69) is 23.2 Å². The molecule has 158 valence electrons. The van der Waals surface area contributed by atoms with Gasteiger partial charge >= 0.3 is 5.97 Å². The van der Waals surface area contributed by atoms with E-state index in [0.29, 0.717) is 10.2 Å². The Kier molecular flexibility index (Phi) is 5.29. The first-order valence-electron chi connectivity index (χ1n) is 10.3. The molecule has 0 amide bonds. The summed E-state index contributed by atoms with van der Waals surface area (Å²) in [6.07, 6.45) is 1.43. The van der Waals surface area contributed by atoms with Gasteiger partial charge in [0.25, 0.3) is 5.56 Å². The standard InChI is InChI=1S/C26H20N2O3S/c1-17(26(30)31-14-18-7-3-2-4-8-18)28-16-27-24-23(25(28)29)22(15-32-24)21-12-11-19-9-5-6-10-20(19)13-21/h2-13,15-17H,14H2,1H3. The first-order chi connectivity index (χ1) is 15.6. The van der Waals surface area contributed by atoms with Crippen LogP contribution in [0.25, 0.3) is 32.1 Å². The quantitative estimate of drug-likeness (QED) is 0.335. The van der Waals surface area contributed by atoms with E-state index in [1.165, 1.54) is 22.2 Å². The molecule has 6 heteroatoms. The van der Waals surface area contributed by atoms with Gasteiger partial charge in [0, 0.05) is 10.9 Å². The van der Waals surface area contributed by atoms with E-state index < -0.39 is 12.0 Å². The zero-order valence-electron chi connectivity index (χ0n) is 17.4. The van der Waals surface area contributed by atoms with Gasteiger partial charge in [0.2, 0.25) is 0 Å². The van der Waals surface area contributed by atoms with Crippen molar-refractivity contribution >= 4 is 38.3 Å². The number of rotatable bonds is 5. The fraction of sp³-hybridized carbons (Fsp3) is 0.115. The van der Waals surface area contributed by atoms with Crippen molar-refractivity contribution in [2.45, 2.75) is 19.6 Å². The van der Waals surface area contributed by atoms with E-state index in [-0.39, 0.29) is 12.2 Å². The van der Waals surface area contributed by atoms with E-state index in [4.69, 9.17) is 4.74 Å². The molecule has 1 unspecified atom stereocenters. The number of hydrogen-bond acceptors (Lipinski definition) is 5. The number of benzene rings is 3. The SMILES string of the molecule is CC(C(=O)OCc1ccccc1)n1cnc2scc(-c3ccc4ccccc4c3)c2c1=O. The molecule has 0 radical (unpaired) electrons. The molecule has 5 aromatic rings. The van der Waals surface area contributed by atoms with Crippen molar-refractivity contribution < 1.29 is 9.53 Å². The summed E-state index contributed by atoms with van der Waals surface area (Å²) < 4.78 is 6.79.